The molecule has 1 saturated heterocycles. The van der Waals surface area contributed by atoms with E-state index in [2.05, 4.69) is 5.32 Å². The maximum Gasteiger partial charge on any atom is 0.325 e. The predicted octanol–water partition coefficient (Wildman–Crippen LogP) is 2.30. The lowest BCUT2D eigenvalue weighted by Crippen LogP contribution is -2.54. The molecule has 4 rings (SSSR count). The molecule has 2 aliphatic heterocycles. The molecule has 0 bridgehead atoms. The summed E-state index contributed by atoms with van der Waals surface area (Å²) in [6.07, 6.45) is 4.34. The second-order valence-electron chi connectivity index (χ2n) is 7.28. The first-order valence-electron chi connectivity index (χ1n) is 8.94. The van der Waals surface area contributed by atoms with Crippen molar-refractivity contribution in [3.05, 3.63) is 29.3 Å². The molecule has 1 aromatic carbocycles. The molecule has 6 nitrogen and oxygen atoms in total. The zero-order valence-corrected chi connectivity index (χ0v) is 14.3. The van der Waals surface area contributed by atoms with Gasteiger partial charge in [0, 0.05) is 12.0 Å². The van der Waals surface area contributed by atoms with Crippen molar-refractivity contribution >= 4 is 17.7 Å². The van der Waals surface area contributed by atoms with Crippen LogP contribution in [-0.2, 0) is 11.2 Å². The summed E-state index contributed by atoms with van der Waals surface area (Å²) < 4.78 is 5.45. The number of fused-ring (bicyclic) bond motifs is 1. The molecule has 1 saturated carbocycles. The van der Waals surface area contributed by atoms with Crippen molar-refractivity contribution in [2.24, 2.45) is 5.92 Å². The van der Waals surface area contributed by atoms with Crippen LogP contribution in [0.15, 0.2) is 18.2 Å². The number of ketones is 1. The van der Waals surface area contributed by atoms with E-state index in [9.17, 15) is 14.4 Å². The molecule has 2 fully saturated rings. The monoisotopic (exact) mass is 342 g/mol. The number of urea groups is 1. The van der Waals surface area contributed by atoms with E-state index in [0.717, 1.165) is 41.9 Å². The first-order chi connectivity index (χ1) is 12.0. The van der Waals surface area contributed by atoms with Crippen LogP contribution in [0.2, 0.25) is 0 Å². The molecule has 0 radical (unpaired) electrons. The highest BCUT2D eigenvalue weighted by atomic mass is 16.5. The van der Waals surface area contributed by atoms with E-state index >= 15 is 0 Å². The average Bonchev–Trinajstić information content (AvgIpc) is 3.16. The molecule has 6 heteroatoms. The fourth-order valence-corrected chi connectivity index (χ4v) is 4.23. The molecule has 1 aromatic rings. The van der Waals surface area contributed by atoms with E-state index in [1.54, 1.807) is 12.1 Å². The van der Waals surface area contributed by atoms with Crippen molar-refractivity contribution < 1.29 is 19.1 Å². The highest BCUT2D eigenvalue weighted by Gasteiger charge is 2.55. The number of ether oxygens (including phenoxy) is 1. The van der Waals surface area contributed by atoms with Crippen molar-refractivity contribution in [1.82, 2.24) is 10.2 Å². The first kappa shape index (κ1) is 16.1. The molecule has 1 spiro atoms. The van der Waals surface area contributed by atoms with Crippen LogP contribution >= 0.6 is 0 Å². The molecular formula is C19H22N2O4. The van der Waals surface area contributed by atoms with Gasteiger partial charge >= 0.3 is 6.03 Å². The number of carbonyl (C=O) groups excluding carboxylic acids is 3. The molecular weight excluding hydrogens is 320 g/mol. The van der Waals surface area contributed by atoms with Gasteiger partial charge in [0.05, 0.1) is 13.2 Å². The zero-order valence-electron chi connectivity index (χ0n) is 14.3. The van der Waals surface area contributed by atoms with Gasteiger partial charge < -0.3 is 10.1 Å². The Hall–Kier alpha value is -2.37. The summed E-state index contributed by atoms with van der Waals surface area (Å²) in [5.74, 6) is 0.428. The largest absolute Gasteiger partial charge is 0.493 e. The predicted molar refractivity (Wildman–Crippen MR) is 90.6 cm³/mol. The van der Waals surface area contributed by atoms with Gasteiger partial charge in [0.25, 0.3) is 5.91 Å². The van der Waals surface area contributed by atoms with Crippen molar-refractivity contribution in [3.8, 4) is 5.75 Å². The molecule has 2 atom stereocenters. The lowest BCUT2D eigenvalue weighted by Gasteiger charge is -2.36. The average molecular weight is 342 g/mol. The van der Waals surface area contributed by atoms with Crippen LogP contribution in [-0.4, -0.2) is 41.3 Å². The Morgan fingerprint density at radius 3 is 3.00 bits per heavy atom. The van der Waals surface area contributed by atoms with E-state index in [1.165, 1.54) is 0 Å². The van der Waals surface area contributed by atoms with Crippen LogP contribution < -0.4 is 10.1 Å². The fourth-order valence-electron chi connectivity index (χ4n) is 4.23. The molecule has 25 heavy (non-hydrogen) atoms. The van der Waals surface area contributed by atoms with Gasteiger partial charge in [-0.05, 0) is 42.5 Å². The van der Waals surface area contributed by atoms with Gasteiger partial charge in [-0.15, -0.1) is 0 Å². The van der Waals surface area contributed by atoms with Crippen molar-refractivity contribution in [1.29, 1.82) is 0 Å². The highest BCUT2D eigenvalue weighted by Crippen LogP contribution is 2.38. The molecule has 132 valence electrons. The van der Waals surface area contributed by atoms with E-state index in [4.69, 9.17) is 4.74 Å². The highest BCUT2D eigenvalue weighted by molar-refractivity contribution is 6.11. The van der Waals surface area contributed by atoms with Crippen LogP contribution in [0.4, 0.5) is 4.79 Å². The fraction of sp³-hybridized carbons (Fsp3) is 0.526. The quantitative estimate of drug-likeness (QED) is 0.675. The van der Waals surface area contributed by atoms with Crippen LogP contribution in [0, 0.1) is 5.92 Å². The topological polar surface area (TPSA) is 75.7 Å². The molecule has 3 amide bonds. The number of carbonyl (C=O) groups is 3. The summed E-state index contributed by atoms with van der Waals surface area (Å²) in [6, 6.07) is 4.84. The van der Waals surface area contributed by atoms with E-state index in [-0.39, 0.29) is 24.2 Å². The Bertz CT molecular complexity index is 760. The van der Waals surface area contributed by atoms with Crippen LogP contribution in [0.25, 0.3) is 0 Å². The SMILES string of the molecule is CC1CCCCC12NC(=O)N(CC(=O)c1ccc3c(c1)CCO3)C2=O. The third-order valence-electron chi connectivity index (χ3n) is 5.81. The minimum Gasteiger partial charge on any atom is -0.493 e. The summed E-state index contributed by atoms with van der Waals surface area (Å²) in [5, 5.41) is 2.88. The Labute approximate surface area is 146 Å². The van der Waals surface area contributed by atoms with Crippen LogP contribution in [0.3, 0.4) is 0 Å². The normalized spacial score (nSPS) is 28.0. The van der Waals surface area contributed by atoms with E-state index in [1.807, 2.05) is 13.0 Å². The summed E-state index contributed by atoms with van der Waals surface area (Å²) in [7, 11) is 0. The summed E-state index contributed by atoms with van der Waals surface area (Å²) in [4.78, 5) is 39.0. The number of rotatable bonds is 3. The van der Waals surface area contributed by atoms with Gasteiger partial charge in [-0.1, -0.05) is 19.8 Å². The second-order valence-corrected chi connectivity index (χ2v) is 7.28. The second kappa shape index (κ2) is 5.86. The van der Waals surface area contributed by atoms with Gasteiger partial charge in [-0.3, -0.25) is 14.5 Å². The van der Waals surface area contributed by atoms with Crippen molar-refractivity contribution in [2.75, 3.05) is 13.2 Å². The Morgan fingerprint density at radius 2 is 2.20 bits per heavy atom. The Kier molecular flexibility index (Phi) is 3.78. The number of hydrogen-bond donors (Lipinski definition) is 1. The third-order valence-corrected chi connectivity index (χ3v) is 5.81. The standard InChI is InChI=1S/C19H22N2O4/c1-12-4-2-3-8-19(12)17(23)21(18(24)20-19)11-15(22)13-5-6-16-14(10-13)7-9-25-16/h5-6,10,12H,2-4,7-9,11H2,1H3,(H,20,24). The minimum atomic E-state index is -0.818. The third kappa shape index (κ3) is 2.51. The number of amides is 3. The lowest BCUT2D eigenvalue weighted by atomic mass is 9.73. The summed E-state index contributed by atoms with van der Waals surface area (Å²) in [5.41, 5.74) is 0.699. The van der Waals surface area contributed by atoms with E-state index < -0.39 is 11.6 Å². The molecule has 2 heterocycles. The van der Waals surface area contributed by atoms with Gasteiger partial charge in [-0.2, -0.15) is 0 Å². The summed E-state index contributed by atoms with van der Waals surface area (Å²) >= 11 is 0. The van der Waals surface area contributed by atoms with E-state index in [0.29, 0.717) is 18.6 Å². The maximum atomic E-state index is 12.9. The maximum absolute atomic E-state index is 12.9. The summed E-state index contributed by atoms with van der Waals surface area (Å²) in [6.45, 7) is 2.42. The number of benzene rings is 1. The Balaban J connectivity index is 1.53. The Morgan fingerprint density at radius 1 is 1.36 bits per heavy atom. The molecule has 1 N–H and O–H groups in total. The smallest absolute Gasteiger partial charge is 0.325 e. The van der Waals surface area contributed by atoms with Crippen LogP contribution in [0.5, 0.6) is 5.75 Å². The van der Waals surface area contributed by atoms with Gasteiger partial charge in [0.2, 0.25) is 0 Å². The lowest BCUT2D eigenvalue weighted by molar-refractivity contribution is -0.133. The number of nitrogens with one attached hydrogen (secondary N) is 1. The first-order valence-corrected chi connectivity index (χ1v) is 8.94. The van der Waals surface area contributed by atoms with Gasteiger partial charge in [-0.25, -0.2) is 4.79 Å². The van der Waals surface area contributed by atoms with Crippen molar-refractivity contribution in [3.63, 3.8) is 0 Å². The molecule has 1 aliphatic carbocycles. The molecule has 3 aliphatic rings. The van der Waals surface area contributed by atoms with Crippen molar-refractivity contribution in [2.45, 2.75) is 44.6 Å². The number of Topliss-reactive ketones (excluding diaryl/α,β-unsaturated/α-hetero) is 1. The van der Waals surface area contributed by atoms with Gasteiger partial charge in [0.15, 0.2) is 5.78 Å². The minimum absolute atomic E-state index is 0.0925. The van der Waals surface area contributed by atoms with Gasteiger partial charge in [0.1, 0.15) is 11.3 Å². The van der Waals surface area contributed by atoms with Crippen LogP contribution in [0.1, 0.15) is 48.5 Å². The number of imide groups is 1. The number of nitrogens with zero attached hydrogens (tertiary/aromatic N) is 1. The molecule has 2 unspecified atom stereocenters. The number of hydrogen-bond acceptors (Lipinski definition) is 4. The zero-order chi connectivity index (χ0) is 17.6. The molecule has 0 aromatic heterocycles.